The third kappa shape index (κ3) is 4.87. The number of fused-ring (bicyclic) bond motifs is 3. The van der Waals surface area contributed by atoms with E-state index < -0.39 is 12.1 Å². The molecule has 0 radical (unpaired) electrons. The van der Waals surface area contributed by atoms with Gasteiger partial charge in [-0.15, -0.1) is 0 Å². The van der Waals surface area contributed by atoms with Crippen molar-refractivity contribution in [2.75, 3.05) is 18.6 Å². The van der Waals surface area contributed by atoms with Crippen molar-refractivity contribution >= 4 is 17.4 Å². The van der Waals surface area contributed by atoms with Crippen molar-refractivity contribution in [1.29, 1.82) is 0 Å². The van der Waals surface area contributed by atoms with E-state index in [2.05, 4.69) is 73.3 Å². The summed E-state index contributed by atoms with van der Waals surface area (Å²) >= 11 is 0. The maximum absolute atomic E-state index is 13.2. The lowest BCUT2D eigenvalue weighted by molar-refractivity contribution is -0.155. The summed E-state index contributed by atoms with van der Waals surface area (Å²) in [4.78, 5) is 20.7. The summed E-state index contributed by atoms with van der Waals surface area (Å²) in [7, 11) is 1.42. The third-order valence-electron chi connectivity index (χ3n) is 8.28. The number of hydrogen-bond acceptors (Lipinski definition) is 6. The standard InChI is InChI=1S/C33H38N4O3/c1-21(2)20-40-31(33(38)39-4)30-22(3)34-29-19-28(25-13-8-12-24(18-25)23-10-6-5-7-11-23)35-37(29)32(30)36-26-14-9-15-27(36)17-16-26/h5-8,10-13,18-19,21,26-27,31H,9,14-17,20H2,1-4H3/t26?,27?,31-/m0/s1. The molecule has 4 heterocycles. The third-order valence-corrected chi connectivity index (χ3v) is 8.28. The van der Waals surface area contributed by atoms with Crippen molar-refractivity contribution in [3.8, 4) is 22.4 Å². The van der Waals surface area contributed by atoms with E-state index >= 15 is 0 Å². The predicted octanol–water partition coefficient (Wildman–Crippen LogP) is 6.78. The molecule has 208 valence electrons. The highest BCUT2D eigenvalue weighted by Crippen LogP contribution is 2.44. The number of piperidine rings is 1. The Labute approximate surface area is 236 Å². The zero-order chi connectivity index (χ0) is 27.8. The number of hydrogen-bond donors (Lipinski definition) is 0. The van der Waals surface area contributed by atoms with Crippen LogP contribution in [0.15, 0.2) is 60.7 Å². The minimum Gasteiger partial charge on any atom is -0.467 e. The number of carbonyl (C=O) groups is 1. The second-order valence-electron chi connectivity index (χ2n) is 11.5. The predicted molar refractivity (Wildman–Crippen MR) is 157 cm³/mol. The molecule has 6 rings (SSSR count). The van der Waals surface area contributed by atoms with Gasteiger partial charge in [0.15, 0.2) is 11.8 Å². The van der Waals surface area contributed by atoms with Crippen LogP contribution >= 0.6 is 0 Å². The highest BCUT2D eigenvalue weighted by molar-refractivity contribution is 5.81. The number of nitrogens with zero attached hydrogens (tertiary/aromatic N) is 4. The van der Waals surface area contributed by atoms with E-state index in [1.807, 2.05) is 17.5 Å². The van der Waals surface area contributed by atoms with Crippen LogP contribution < -0.4 is 4.90 Å². The molecular weight excluding hydrogens is 500 g/mol. The Bertz CT molecular complexity index is 1500. The highest BCUT2D eigenvalue weighted by Gasteiger charge is 2.42. The molecule has 7 nitrogen and oxygen atoms in total. The summed E-state index contributed by atoms with van der Waals surface area (Å²) < 4.78 is 13.5. The minimum atomic E-state index is -0.866. The molecule has 2 aliphatic rings. The summed E-state index contributed by atoms with van der Waals surface area (Å²) in [5, 5.41) is 5.16. The molecule has 2 aromatic heterocycles. The van der Waals surface area contributed by atoms with Gasteiger partial charge in [-0.25, -0.2) is 9.78 Å². The first-order valence-electron chi connectivity index (χ1n) is 14.5. The Morgan fingerprint density at radius 1 is 0.950 bits per heavy atom. The summed E-state index contributed by atoms with van der Waals surface area (Å²) in [6.07, 6.45) is 4.94. The van der Waals surface area contributed by atoms with Gasteiger partial charge >= 0.3 is 5.97 Å². The SMILES string of the molecule is COC(=O)[C@@H](OCC(C)C)c1c(C)nc2cc(-c3cccc(-c4ccccc4)c3)nn2c1N1C2CCCC1CC2. The van der Waals surface area contributed by atoms with Gasteiger partial charge in [-0.05, 0) is 62.1 Å². The van der Waals surface area contributed by atoms with Crippen molar-refractivity contribution in [2.24, 2.45) is 5.92 Å². The van der Waals surface area contributed by atoms with Crippen LogP contribution in [0.2, 0.25) is 0 Å². The van der Waals surface area contributed by atoms with Gasteiger partial charge in [-0.2, -0.15) is 9.61 Å². The average molecular weight is 539 g/mol. The fourth-order valence-corrected chi connectivity index (χ4v) is 6.43. The van der Waals surface area contributed by atoms with Crippen molar-refractivity contribution in [2.45, 2.75) is 71.1 Å². The van der Waals surface area contributed by atoms with Crippen LogP contribution in [0.5, 0.6) is 0 Å². The number of aromatic nitrogens is 3. The van der Waals surface area contributed by atoms with Gasteiger partial charge in [0.05, 0.1) is 25.0 Å². The van der Waals surface area contributed by atoms with Crippen LogP contribution in [-0.4, -0.2) is 46.4 Å². The average Bonchev–Trinajstić information content (AvgIpc) is 3.49. The van der Waals surface area contributed by atoms with Crippen LogP contribution in [0.25, 0.3) is 28.0 Å². The van der Waals surface area contributed by atoms with Gasteiger partial charge in [0.2, 0.25) is 0 Å². The molecule has 2 aliphatic heterocycles. The van der Waals surface area contributed by atoms with Gasteiger partial charge in [-0.1, -0.05) is 62.4 Å². The van der Waals surface area contributed by atoms with Crippen LogP contribution in [0, 0.1) is 12.8 Å². The highest BCUT2D eigenvalue weighted by atomic mass is 16.6. The zero-order valence-corrected chi connectivity index (χ0v) is 23.8. The lowest BCUT2D eigenvalue weighted by Crippen LogP contribution is -2.42. The van der Waals surface area contributed by atoms with E-state index in [9.17, 15) is 4.79 Å². The summed E-state index contributed by atoms with van der Waals surface area (Å²) in [5.74, 6) is 0.796. The molecular formula is C33H38N4O3. The van der Waals surface area contributed by atoms with Crippen LogP contribution in [0.3, 0.4) is 0 Å². The molecule has 2 saturated heterocycles. The second kappa shape index (κ2) is 11.0. The molecule has 2 bridgehead atoms. The van der Waals surface area contributed by atoms with Crippen molar-refractivity contribution in [3.05, 3.63) is 71.9 Å². The second-order valence-corrected chi connectivity index (χ2v) is 11.5. The number of methoxy groups -OCH3 is 1. The molecule has 2 aromatic carbocycles. The van der Waals surface area contributed by atoms with E-state index in [1.54, 1.807) is 0 Å². The van der Waals surface area contributed by atoms with E-state index in [4.69, 9.17) is 19.6 Å². The quantitative estimate of drug-likeness (QED) is 0.230. The number of anilines is 1. The number of ether oxygens (including phenoxy) is 2. The molecule has 0 saturated carbocycles. The summed E-state index contributed by atoms with van der Waals surface area (Å²) in [6.45, 7) is 6.58. The lowest BCUT2D eigenvalue weighted by Gasteiger charge is -2.38. The largest absolute Gasteiger partial charge is 0.467 e. The Morgan fingerprint density at radius 2 is 1.65 bits per heavy atom. The number of rotatable bonds is 8. The van der Waals surface area contributed by atoms with Gasteiger partial charge in [0, 0.05) is 29.4 Å². The Balaban J connectivity index is 1.53. The maximum atomic E-state index is 13.2. The normalized spacial score (nSPS) is 19.4. The van der Waals surface area contributed by atoms with Gasteiger partial charge in [-0.3, -0.25) is 0 Å². The van der Waals surface area contributed by atoms with Crippen LogP contribution in [0.1, 0.15) is 63.3 Å². The molecule has 40 heavy (non-hydrogen) atoms. The monoisotopic (exact) mass is 538 g/mol. The van der Waals surface area contributed by atoms with Crippen molar-refractivity contribution in [3.63, 3.8) is 0 Å². The number of carbonyl (C=O) groups excluding carboxylic acids is 1. The summed E-state index contributed by atoms with van der Waals surface area (Å²) in [6, 6.07) is 21.7. The van der Waals surface area contributed by atoms with Crippen LogP contribution in [0.4, 0.5) is 5.82 Å². The molecule has 3 atom stereocenters. The van der Waals surface area contributed by atoms with E-state index in [-0.39, 0.29) is 5.92 Å². The van der Waals surface area contributed by atoms with Gasteiger partial charge < -0.3 is 14.4 Å². The van der Waals surface area contributed by atoms with E-state index in [1.165, 1.54) is 13.5 Å². The molecule has 2 fully saturated rings. The Morgan fingerprint density at radius 3 is 2.35 bits per heavy atom. The Kier molecular flexibility index (Phi) is 7.32. The summed E-state index contributed by atoms with van der Waals surface area (Å²) in [5.41, 5.74) is 6.50. The molecule has 4 aromatic rings. The molecule has 0 aliphatic carbocycles. The minimum absolute atomic E-state index is 0.270. The van der Waals surface area contributed by atoms with Gasteiger partial charge in [0.25, 0.3) is 0 Å². The molecule has 0 N–H and O–H groups in total. The lowest BCUT2D eigenvalue weighted by atomic mass is 10.00. The fraction of sp³-hybridized carbons (Fsp3) is 0.424. The Hall–Kier alpha value is -3.71. The molecule has 7 heteroatoms. The first kappa shape index (κ1) is 26.5. The van der Waals surface area contributed by atoms with E-state index in [0.717, 1.165) is 70.8 Å². The topological polar surface area (TPSA) is 69.0 Å². The molecule has 0 amide bonds. The first-order chi connectivity index (χ1) is 19.4. The van der Waals surface area contributed by atoms with Gasteiger partial charge in [0.1, 0.15) is 5.82 Å². The first-order valence-corrected chi connectivity index (χ1v) is 14.5. The van der Waals surface area contributed by atoms with E-state index in [0.29, 0.717) is 18.7 Å². The number of esters is 1. The number of aryl methyl sites for hydroxylation is 1. The molecule has 0 spiro atoms. The number of benzene rings is 2. The van der Waals surface area contributed by atoms with Crippen molar-refractivity contribution < 1.29 is 14.3 Å². The smallest absolute Gasteiger partial charge is 0.339 e. The maximum Gasteiger partial charge on any atom is 0.339 e. The van der Waals surface area contributed by atoms with Crippen molar-refractivity contribution in [1.82, 2.24) is 14.6 Å². The van der Waals surface area contributed by atoms with Crippen LogP contribution in [-0.2, 0) is 14.3 Å². The molecule has 2 unspecified atom stereocenters. The fourth-order valence-electron chi connectivity index (χ4n) is 6.43. The zero-order valence-electron chi connectivity index (χ0n) is 23.8.